The van der Waals surface area contributed by atoms with Gasteiger partial charge in [0.2, 0.25) is 0 Å². The van der Waals surface area contributed by atoms with Crippen molar-refractivity contribution in [3.05, 3.63) is 34.5 Å². The van der Waals surface area contributed by atoms with Crippen molar-refractivity contribution in [2.75, 3.05) is 7.11 Å². The van der Waals surface area contributed by atoms with Gasteiger partial charge >= 0.3 is 5.97 Å². The van der Waals surface area contributed by atoms with Gasteiger partial charge in [0.05, 0.1) is 12.6 Å². The molecule has 0 aliphatic rings. The summed E-state index contributed by atoms with van der Waals surface area (Å²) in [5.74, 6) is -0.339. The van der Waals surface area contributed by atoms with Crippen molar-refractivity contribution in [1.82, 2.24) is 4.57 Å². The monoisotopic (exact) mass is 237 g/mol. The zero-order valence-electron chi connectivity index (χ0n) is 9.37. The van der Waals surface area contributed by atoms with Gasteiger partial charge in [0.15, 0.2) is 0 Å². The van der Waals surface area contributed by atoms with Crippen LogP contribution in [-0.4, -0.2) is 17.6 Å². The minimum Gasteiger partial charge on any atom is -0.464 e. The number of hydrogen-bond acceptors (Lipinski definition) is 2. The van der Waals surface area contributed by atoms with Gasteiger partial charge in [-0.15, -0.1) is 0 Å². The van der Waals surface area contributed by atoms with Crippen LogP contribution in [0.25, 0.3) is 10.9 Å². The molecule has 0 aliphatic carbocycles. The first kappa shape index (κ1) is 11.0. The van der Waals surface area contributed by atoms with Crippen LogP contribution in [-0.2, 0) is 11.8 Å². The molecule has 0 saturated carbocycles. The third-order valence-corrected chi connectivity index (χ3v) is 2.90. The molecular formula is C12H12ClNO2. The number of hydrogen-bond donors (Lipinski definition) is 0. The Balaban J connectivity index is 2.78. The molecule has 0 bridgehead atoms. The largest absolute Gasteiger partial charge is 0.464 e. The third-order valence-electron chi connectivity index (χ3n) is 2.68. The van der Waals surface area contributed by atoms with Crippen molar-refractivity contribution >= 4 is 28.5 Å². The Labute approximate surface area is 98.6 Å². The van der Waals surface area contributed by atoms with E-state index in [4.69, 9.17) is 16.3 Å². The molecule has 1 heterocycles. The maximum Gasteiger partial charge on any atom is 0.354 e. The average Bonchev–Trinajstić information content (AvgIpc) is 2.54. The SMILES string of the molecule is COC(=O)c1cc2cc(Cl)cc(C)c2n1C. The number of esters is 1. The molecule has 0 saturated heterocycles. The van der Waals surface area contributed by atoms with Crippen molar-refractivity contribution in [3.63, 3.8) is 0 Å². The third kappa shape index (κ3) is 1.57. The zero-order chi connectivity index (χ0) is 11.9. The topological polar surface area (TPSA) is 31.2 Å². The number of nitrogens with zero attached hydrogens (tertiary/aromatic N) is 1. The maximum atomic E-state index is 11.5. The molecule has 84 valence electrons. The molecule has 0 amide bonds. The van der Waals surface area contributed by atoms with Gasteiger partial charge in [-0.1, -0.05) is 11.6 Å². The molecule has 2 rings (SSSR count). The van der Waals surface area contributed by atoms with Gasteiger partial charge in [-0.25, -0.2) is 4.79 Å². The Bertz CT molecular complexity index is 572. The number of benzene rings is 1. The zero-order valence-corrected chi connectivity index (χ0v) is 10.1. The molecule has 0 radical (unpaired) electrons. The van der Waals surface area contributed by atoms with Crippen LogP contribution < -0.4 is 0 Å². The van der Waals surface area contributed by atoms with E-state index in [2.05, 4.69) is 0 Å². The summed E-state index contributed by atoms with van der Waals surface area (Å²) in [5, 5.41) is 1.62. The number of carbonyl (C=O) groups is 1. The van der Waals surface area contributed by atoms with E-state index in [1.54, 1.807) is 6.07 Å². The summed E-state index contributed by atoms with van der Waals surface area (Å²) in [6.45, 7) is 1.97. The Morgan fingerprint density at radius 2 is 2.06 bits per heavy atom. The first-order valence-electron chi connectivity index (χ1n) is 4.88. The van der Waals surface area contributed by atoms with E-state index < -0.39 is 0 Å². The van der Waals surface area contributed by atoms with Crippen molar-refractivity contribution in [3.8, 4) is 0 Å². The number of fused-ring (bicyclic) bond motifs is 1. The van der Waals surface area contributed by atoms with Crippen LogP contribution in [0.2, 0.25) is 5.02 Å². The molecular weight excluding hydrogens is 226 g/mol. The Morgan fingerprint density at radius 1 is 1.38 bits per heavy atom. The van der Waals surface area contributed by atoms with E-state index in [-0.39, 0.29) is 5.97 Å². The van der Waals surface area contributed by atoms with Gasteiger partial charge in [0, 0.05) is 17.5 Å². The van der Waals surface area contributed by atoms with Crippen LogP contribution in [0.4, 0.5) is 0 Å². The van der Waals surface area contributed by atoms with Crippen molar-refractivity contribution in [1.29, 1.82) is 0 Å². The molecule has 3 nitrogen and oxygen atoms in total. The van der Waals surface area contributed by atoms with Gasteiger partial charge in [-0.2, -0.15) is 0 Å². The smallest absolute Gasteiger partial charge is 0.354 e. The van der Waals surface area contributed by atoms with Crippen molar-refractivity contribution in [2.45, 2.75) is 6.92 Å². The molecule has 0 N–H and O–H groups in total. The minimum absolute atomic E-state index is 0.339. The summed E-state index contributed by atoms with van der Waals surface area (Å²) in [6, 6.07) is 5.52. The fourth-order valence-corrected chi connectivity index (χ4v) is 2.28. The van der Waals surface area contributed by atoms with E-state index in [0.717, 1.165) is 16.5 Å². The Kier molecular flexibility index (Phi) is 2.64. The minimum atomic E-state index is -0.339. The molecule has 16 heavy (non-hydrogen) atoms. The lowest BCUT2D eigenvalue weighted by Crippen LogP contribution is -2.07. The van der Waals surface area contributed by atoms with Gasteiger partial charge in [-0.3, -0.25) is 0 Å². The van der Waals surface area contributed by atoms with Crippen molar-refractivity contribution in [2.24, 2.45) is 7.05 Å². The van der Waals surface area contributed by atoms with E-state index in [0.29, 0.717) is 10.7 Å². The summed E-state index contributed by atoms with van der Waals surface area (Å²) in [5.41, 5.74) is 2.58. The standard InChI is InChI=1S/C12H12ClNO2/c1-7-4-9(13)5-8-6-10(12(15)16-3)14(2)11(7)8/h4-6H,1-3H3. The van der Waals surface area contributed by atoms with Gasteiger partial charge in [0.25, 0.3) is 0 Å². The molecule has 0 atom stereocenters. The molecule has 0 unspecified atom stereocenters. The summed E-state index contributed by atoms with van der Waals surface area (Å²) in [4.78, 5) is 11.5. The number of ether oxygens (including phenoxy) is 1. The van der Waals surface area contributed by atoms with E-state index >= 15 is 0 Å². The predicted octanol–water partition coefficient (Wildman–Crippen LogP) is 2.93. The molecule has 2 aromatic rings. The van der Waals surface area contributed by atoms with E-state index in [1.165, 1.54) is 7.11 Å². The number of aryl methyl sites for hydroxylation is 2. The second kappa shape index (κ2) is 3.83. The fraction of sp³-hybridized carbons (Fsp3) is 0.250. The number of methoxy groups -OCH3 is 1. The summed E-state index contributed by atoms with van der Waals surface area (Å²) < 4.78 is 6.55. The Hall–Kier alpha value is -1.48. The van der Waals surface area contributed by atoms with Crippen LogP contribution in [0, 0.1) is 6.92 Å². The fourth-order valence-electron chi connectivity index (χ4n) is 1.99. The second-order valence-electron chi connectivity index (χ2n) is 3.74. The molecule has 1 aromatic carbocycles. The highest BCUT2D eigenvalue weighted by molar-refractivity contribution is 6.31. The first-order chi connectivity index (χ1) is 7.54. The average molecular weight is 238 g/mol. The van der Waals surface area contributed by atoms with Crippen LogP contribution in [0.15, 0.2) is 18.2 Å². The molecule has 1 aromatic heterocycles. The predicted molar refractivity (Wildman–Crippen MR) is 64.0 cm³/mol. The Morgan fingerprint density at radius 3 is 2.69 bits per heavy atom. The quantitative estimate of drug-likeness (QED) is 0.714. The number of halogens is 1. The molecule has 0 aliphatic heterocycles. The summed E-state index contributed by atoms with van der Waals surface area (Å²) in [7, 11) is 3.22. The summed E-state index contributed by atoms with van der Waals surface area (Å²) >= 11 is 5.97. The molecule has 4 heteroatoms. The van der Waals surface area contributed by atoms with Gasteiger partial charge < -0.3 is 9.30 Å². The number of aromatic nitrogens is 1. The highest BCUT2D eigenvalue weighted by Crippen LogP contribution is 2.26. The normalized spacial score (nSPS) is 10.8. The van der Waals surface area contributed by atoms with Gasteiger partial charge in [0.1, 0.15) is 5.69 Å². The van der Waals surface area contributed by atoms with Crippen molar-refractivity contribution < 1.29 is 9.53 Å². The number of carbonyl (C=O) groups excluding carboxylic acids is 1. The highest BCUT2D eigenvalue weighted by Gasteiger charge is 2.15. The van der Waals surface area contributed by atoms with Crippen LogP contribution in [0.1, 0.15) is 16.1 Å². The lowest BCUT2D eigenvalue weighted by molar-refractivity contribution is 0.0590. The lowest BCUT2D eigenvalue weighted by Gasteiger charge is -2.04. The second-order valence-corrected chi connectivity index (χ2v) is 4.18. The van der Waals surface area contributed by atoms with E-state index in [9.17, 15) is 4.79 Å². The lowest BCUT2D eigenvalue weighted by atomic mass is 10.2. The number of rotatable bonds is 1. The highest BCUT2D eigenvalue weighted by atomic mass is 35.5. The molecule has 0 spiro atoms. The van der Waals surface area contributed by atoms with Gasteiger partial charge in [-0.05, 0) is 30.7 Å². The maximum absolute atomic E-state index is 11.5. The van der Waals surface area contributed by atoms with Crippen LogP contribution in [0.3, 0.4) is 0 Å². The summed E-state index contributed by atoms with van der Waals surface area (Å²) in [6.07, 6.45) is 0. The van der Waals surface area contributed by atoms with Crippen LogP contribution in [0.5, 0.6) is 0 Å². The van der Waals surface area contributed by atoms with Crippen LogP contribution >= 0.6 is 11.6 Å². The first-order valence-corrected chi connectivity index (χ1v) is 5.26. The van der Waals surface area contributed by atoms with E-state index in [1.807, 2.05) is 30.7 Å². The molecule has 0 fully saturated rings.